The first-order valence-corrected chi connectivity index (χ1v) is 11.3. The van der Waals surface area contributed by atoms with E-state index >= 15 is 0 Å². The van der Waals surface area contributed by atoms with Gasteiger partial charge in [0.2, 0.25) is 11.8 Å². The molecule has 0 N–H and O–H groups in total. The number of carbonyl (C=O) groups excluding carboxylic acids is 2. The number of hydrogen-bond acceptors (Lipinski definition) is 3. The normalized spacial score (nSPS) is 25.1. The maximum Gasteiger partial charge on any atom is 0.238 e. The maximum absolute atomic E-state index is 13.9. The highest BCUT2D eigenvalue weighted by Crippen LogP contribution is 2.61. The van der Waals surface area contributed by atoms with Crippen LogP contribution in [0.3, 0.4) is 0 Å². The molecule has 3 aromatic rings. The Hall–Kier alpha value is -3.40. The van der Waals surface area contributed by atoms with Crippen molar-refractivity contribution in [1.82, 2.24) is 0 Å². The summed E-state index contributed by atoms with van der Waals surface area (Å²) in [6.45, 7) is 4.38. The maximum atomic E-state index is 13.9. The van der Waals surface area contributed by atoms with Gasteiger partial charge in [0, 0.05) is 11.8 Å². The van der Waals surface area contributed by atoms with Gasteiger partial charge in [0.15, 0.2) is 0 Å². The summed E-state index contributed by atoms with van der Waals surface area (Å²) in [4.78, 5) is 29.1. The van der Waals surface area contributed by atoms with Gasteiger partial charge in [-0.15, -0.1) is 0 Å². The zero-order valence-corrected chi connectivity index (χ0v) is 18.4. The molecule has 1 heterocycles. The quantitative estimate of drug-likeness (QED) is 0.543. The molecular formula is C28H25NO3. The Morgan fingerprint density at radius 1 is 0.750 bits per heavy atom. The topological polar surface area (TPSA) is 46.6 Å². The van der Waals surface area contributed by atoms with Crippen LogP contribution in [0.1, 0.15) is 59.4 Å². The number of carbonyl (C=O) groups is 2. The molecule has 1 fully saturated rings. The van der Waals surface area contributed by atoms with Crippen LogP contribution in [0.4, 0.5) is 5.69 Å². The molecule has 32 heavy (non-hydrogen) atoms. The van der Waals surface area contributed by atoms with Crippen LogP contribution in [-0.2, 0) is 9.59 Å². The van der Waals surface area contributed by atoms with Crippen LogP contribution in [0.5, 0.6) is 5.75 Å². The van der Waals surface area contributed by atoms with Crippen molar-refractivity contribution in [2.45, 2.75) is 31.6 Å². The third kappa shape index (κ3) is 2.38. The summed E-state index contributed by atoms with van der Waals surface area (Å²) in [5.41, 5.74) is 6.59. The van der Waals surface area contributed by atoms with Gasteiger partial charge in [-0.2, -0.15) is 0 Å². The van der Waals surface area contributed by atoms with E-state index in [1.54, 1.807) is 19.2 Å². The molecule has 0 spiro atoms. The number of imide groups is 1. The molecule has 7 rings (SSSR count). The average molecular weight is 424 g/mol. The van der Waals surface area contributed by atoms with Crippen molar-refractivity contribution < 1.29 is 14.3 Å². The van der Waals surface area contributed by atoms with Gasteiger partial charge in [0.25, 0.3) is 0 Å². The van der Waals surface area contributed by atoms with Gasteiger partial charge in [-0.25, -0.2) is 4.90 Å². The molecule has 3 aromatic carbocycles. The number of methoxy groups -OCH3 is 1. The van der Waals surface area contributed by atoms with Gasteiger partial charge in [-0.05, 0) is 45.9 Å². The number of amides is 2. The SMILES string of the molecule is COc1ccccc1N1C(=O)[C@@H]2[C@H]3c4ccccc4[C@@H](c4ccc(C(C)C)cc43)[C@@H]2C1=O. The van der Waals surface area contributed by atoms with Crippen molar-refractivity contribution in [1.29, 1.82) is 0 Å². The molecular weight excluding hydrogens is 398 g/mol. The van der Waals surface area contributed by atoms with Gasteiger partial charge < -0.3 is 4.74 Å². The zero-order chi connectivity index (χ0) is 22.1. The fourth-order valence-electron chi connectivity index (χ4n) is 6.16. The monoisotopic (exact) mass is 423 g/mol. The van der Waals surface area contributed by atoms with E-state index in [0.717, 1.165) is 0 Å². The van der Waals surface area contributed by atoms with Crippen LogP contribution in [-0.4, -0.2) is 18.9 Å². The summed E-state index contributed by atoms with van der Waals surface area (Å²) in [6.07, 6.45) is 0. The summed E-state index contributed by atoms with van der Waals surface area (Å²) in [5, 5.41) is 0. The Labute approximate surface area is 187 Å². The third-order valence-electron chi connectivity index (χ3n) is 7.56. The standard InChI is InChI=1S/C28H25NO3/c1-15(2)16-12-13-19-20(14-16)24-18-9-5-4-8-17(18)23(19)25-26(24)28(31)29(27(25)30)21-10-6-7-11-22(21)32-3/h4-15,23-26H,1-3H3/t23-,24-,25-,26+/m0/s1. The highest BCUT2D eigenvalue weighted by atomic mass is 16.5. The van der Waals surface area contributed by atoms with Crippen LogP contribution >= 0.6 is 0 Å². The van der Waals surface area contributed by atoms with Gasteiger partial charge in [0.05, 0.1) is 24.6 Å². The van der Waals surface area contributed by atoms with Crippen molar-refractivity contribution in [3.05, 3.63) is 94.5 Å². The molecule has 1 saturated heterocycles. The number of hydrogen-bond donors (Lipinski definition) is 0. The Morgan fingerprint density at radius 2 is 1.31 bits per heavy atom. The molecule has 4 nitrogen and oxygen atoms in total. The summed E-state index contributed by atoms with van der Waals surface area (Å²) >= 11 is 0. The highest BCUT2D eigenvalue weighted by Gasteiger charge is 2.62. The predicted octanol–water partition coefficient (Wildman–Crippen LogP) is 5.22. The summed E-state index contributed by atoms with van der Waals surface area (Å²) in [6, 6.07) is 22.3. The second kappa shape index (κ2) is 6.80. The Morgan fingerprint density at radius 3 is 1.94 bits per heavy atom. The lowest BCUT2D eigenvalue weighted by molar-refractivity contribution is -0.122. The van der Waals surface area contributed by atoms with E-state index in [-0.39, 0.29) is 35.5 Å². The number of ether oxygens (including phenoxy) is 1. The Balaban J connectivity index is 1.57. The lowest BCUT2D eigenvalue weighted by Gasteiger charge is -2.46. The van der Waals surface area contributed by atoms with E-state index in [1.165, 1.54) is 32.7 Å². The first-order valence-electron chi connectivity index (χ1n) is 11.3. The van der Waals surface area contributed by atoms with E-state index in [4.69, 9.17) is 4.74 Å². The van der Waals surface area contributed by atoms with Gasteiger partial charge in [-0.1, -0.05) is 68.4 Å². The minimum atomic E-state index is -0.387. The van der Waals surface area contributed by atoms with Crippen LogP contribution < -0.4 is 9.64 Å². The minimum Gasteiger partial charge on any atom is -0.495 e. The summed E-state index contributed by atoms with van der Waals surface area (Å²) in [5.74, 6) is -0.274. The number of rotatable bonds is 3. The molecule has 0 unspecified atom stereocenters. The molecule has 2 bridgehead atoms. The number of anilines is 1. The first-order chi connectivity index (χ1) is 15.5. The smallest absolute Gasteiger partial charge is 0.238 e. The van der Waals surface area contributed by atoms with E-state index in [9.17, 15) is 9.59 Å². The molecule has 1 aliphatic heterocycles. The zero-order valence-electron chi connectivity index (χ0n) is 18.4. The molecule has 4 atom stereocenters. The fourth-order valence-corrected chi connectivity index (χ4v) is 6.16. The van der Waals surface area contributed by atoms with Crippen LogP contribution in [0.25, 0.3) is 0 Å². The van der Waals surface area contributed by atoms with Crippen molar-refractivity contribution >= 4 is 17.5 Å². The van der Waals surface area contributed by atoms with E-state index in [2.05, 4.69) is 44.2 Å². The van der Waals surface area contributed by atoms with Crippen LogP contribution in [0, 0.1) is 11.8 Å². The van der Waals surface area contributed by atoms with Crippen LogP contribution in [0.15, 0.2) is 66.7 Å². The second-order valence-corrected chi connectivity index (χ2v) is 9.36. The molecule has 4 heteroatoms. The molecule has 0 aromatic heterocycles. The highest BCUT2D eigenvalue weighted by molar-refractivity contribution is 6.24. The first kappa shape index (κ1) is 19.3. The Bertz CT molecular complexity index is 1280. The Kier molecular flexibility index (Phi) is 4.10. The average Bonchev–Trinajstić information content (AvgIpc) is 3.09. The predicted molar refractivity (Wildman–Crippen MR) is 123 cm³/mol. The van der Waals surface area contributed by atoms with Gasteiger partial charge in [-0.3, -0.25) is 9.59 Å². The van der Waals surface area contributed by atoms with E-state index < -0.39 is 0 Å². The van der Waals surface area contributed by atoms with E-state index in [0.29, 0.717) is 17.4 Å². The number of nitrogens with zero attached hydrogens (tertiary/aromatic N) is 1. The second-order valence-electron chi connectivity index (χ2n) is 9.36. The van der Waals surface area contributed by atoms with Crippen molar-refractivity contribution in [3.63, 3.8) is 0 Å². The molecule has 0 radical (unpaired) electrons. The van der Waals surface area contributed by atoms with Crippen molar-refractivity contribution in [2.24, 2.45) is 11.8 Å². The molecule has 0 saturated carbocycles. The minimum absolute atomic E-state index is 0.103. The van der Waals surface area contributed by atoms with E-state index in [1.807, 2.05) is 24.3 Å². The van der Waals surface area contributed by atoms with Gasteiger partial charge >= 0.3 is 0 Å². The van der Waals surface area contributed by atoms with Gasteiger partial charge in [0.1, 0.15) is 5.75 Å². The summed E-state index contributed by atoms with van der Waals surface area (Å²) in [7, 11) is 1.57. The van der Waals surface area contributed by atoms with Crippen molar-refractivity contribution in [2.75, 3.05) is 12.0 Å². The molecule has 2 amide bonds. The third-order valence-corrected chi connectivity index (χ3v) is 7.56. The number of para-hydroxylation sites is 2. The largest absolute Gasteiger partial charge is 0.495 e. The molecule has 160 valence electrons. The fraction of sp³-hybridized carbons (Fsp3) is 0.286. The number of benzene rings is 3. The van der Waals surface area contributed by atoms with Crippen molar-refractivity contribution in [3.8, 4) is 5.75 Å². The molecule has 3 aliphatic carbocycles. The molecule has 4 aliphatic rings. The lowest BCUT2D eigenvalue weighted by Crippen LogP contribution is -2.41. The summed E-state index contributed by atoms with van der Waals surface area (Å²) < 4.78 is 5.50. The lowest BCUT2D eigenvalue weighted by atomic mass is 9.54. The van der Waals surface area contributed by atoms with Crippen LogP contribution in [0.2, 0.25) is 0 Å².